The van der Waals surface area contributed by atoms with Gasteiger partial charge in [-0.05, 0) is 79.7 Å². The maximum atomic E-state index is 8.84. The lowest BCUT2D eigenvalue weighted by atomic mass is 9.75. The highest BCUT2D eigenvalue weighted by molar-refractivity contribution is 5.41. The van der Waals surface area contributed by atoms with Gasteiger partial charge in [-0.3, -0.25) is 0 Å². The largest absolute Gasteiger partial charge is 0.192 e. The molecule has 0 aliphatic heterocycles. The zero-order valence-electron chi connectivity index (χ0n) is 18.9. The summed E-state index contributed by atoms with van der Waals surface area (Å²) in [5.41, 5.74) is 1.66. The molecule has 1 aromatic carbocycles. The SMILES string of the molecule is CCCCC1CCC(CCC2CCC(C=CC#Cc3ccc(C#N)cc3)CC2)CC1. The lowest BCUT2D eigenvalue weighted by Gasteiger charge is -2.31. The van der Waals surface area contributed by atoms with Crippen molar-refractivity contribution < 1.29 is 0 Å². The number of unbranched alkanes of at least 4 members (excludes halogenated alkanes) is 1. The molecule has 0 bridgehead atoms. The minimum atomic E-state index is 0.688. The van der Waals surface area contributed by atoms with Gasteiger partial charge in [0.15, 0.2) is 0 Å². The van der Waals surface area contributed by atoms with E-state index in [-0.39, 0.29) is 0 Å². The Morgan fingerprint density at radius 2 is 1.33 bits per heavy atom. The van der Waals surface area contributed by atoms with Gasteiger partial charge >= 0.3 is 0 Å². The van der Waals surface area contributed by atoms with E-state index in [1.807, 2.05) is 30.3 Å². The van der Waals surface area contributed by atoms with Crippen molar-refractivity contribution in [2.45, 2.75) is 90.4 Å². The molecule has 160 valence electrons. The lowest BCUT2D eigenvalue weighted by molar-refractivity contribution is 0.220. The number of allylic oxidation sites excluding steroid dienone is 2. The summed E-state index contributed by atoms with van der Waals surface area (Å²) in [6, 6.07) is 9.63. The molecule has 0 N–H and O–H groups in total. The Morgan fingerprint density at radius 1 is 0.800 bits per heavy atom. The highest BCUT2D eigenvalue weighted by Gasteiger charge is 2.23. The van der Waals surface area contributed by atoms with Crippen LogP contribution in [0.25, 0.3) is 0 Å². The van der Waals surface area contributed by atoms with Gasteiger partial charge < -0.3 is 0 Å². The molecule has 2 aliphatic carbocycles. The fourth-order valence-corrected chi connectivity index (χ4v) is 5.38. The van der Waals surface area contributed by atoms with Gasteiger partial charge in [0.05, 0.1) is 11.6 Å². The van der Waals surface area contributed by atoms with Gasteiger partial charge in [-0.2, -0.15) is 5.26 Å². The molecule has 1 nitrogen and oxygen atoms in total. The average Bonchev–Trinajstić information content (AvgIpc) is 2.81. The third kappa shape index (κ3) is 7.69. The molecule has 1 aromatic rings. The van der Waals surface area contributed by atoms with E-state index in [9.17, 15) is 0 Å². The zero-order chi connectivity index (χ0) is 21.0. The van der Waals surface area contributed by atoms with Gasteiger partial charge in [-0.15, -0.1) is 0 Å². The number of nitriles is 1. The van der Waals surface area contributed by atoms with Gasteiger partial charge in [-0.1, -0.05) is 82.6 Å². The molecule has 2 aliphatic rings. The first kappa shape index (κ1) is 22.7. The van der Waals surface area contributed by atoms with E-state index in [2.05, 4.69) is 30.9 Å². The highest BCUT2D eigenvalue weighted by Crippen LogP contribution is 2.37. The fraction of sp³-hybridized carbons (Fsp3) is 0.621. The quantitative estimate of drug-likeness (QED) is 0.424. The van der Waals surface area contributed by atoms with Crippen molar-refractivity contribution in [2.75, 3.05) is 0 Å². The molecule has 30 heavy (non-hydrogen) atoms. The summed E-state index contributed by atoms with van der Waals surface area (Å²) in [5, 5.41) is 8.84. The number of hydrogen-bond acceptors (Lipinski definition) is 1. The van der Waals surface area contributed by atoms with Crippen molar-refractivity contribution in [1.82, 2.24) is 0 Å². The molecule has 2 fully saturated rings. The van der Waals surface area contributed by atoms with E-state index in [1.165, 1.54) is 83.5 Å². The van der Waals surface area contributed by atoms with Crippen LogP contribution in [-0.4, -0.2) is 0 Å². The lowest BCUT2D eigenvalue weighted by Crippen LogP contribution is -2.17. The van der Waals surface area contributed by atoms with Crippen molar-refractivity contribution in [3.8, 4) is 17.9 Å². The smallest absolute Gasteiger partial charge is 0.0991 e. The Kier molecular flexibility index (Phi) is 9.57. The Hall–Kier alpha value is -1.99. The van der Waals surface area contributed by atoms with E-state index < -0.39 is 0 Å². The molecular formula is C29H39N. The van der Waals surface area contributed by atoms with E-state index in [0.29, 0.717) is 11.5 Å². The normalized spacial score (nSPS) is 26.7. The van der Waals surface area contributed by atoms with Gasteiger partial charge in [-0.25, -0.2) is 0 Å². The molecule has 1 heteroatoms. The van der Waals surface area contributed by atoms with Gasteiger partial charge in [0.2, 0.25) is 0 Å². The Morgan fingerprint density at radius 3 is 1.90 bits per heavy atom. The molecule has 0 atom stereocenters. The van der Waals surface area contributed by atoms with Crippen molar-refractivity contribution in [3.63, 3.8) is 0 Å². The topological polar surface area (TPSA) is 23.8 Å². The van der Waals surface area contributed by atoms with Crippen molar-refractivity contribution in [2.24, 2.45) is 23.7 Å². The van der Waals surface area contributed by atoms with Gasteiger partial charge in [0.1, 0.15) is 0 Å². The minimum absolute atomic E-state index is 0.688. The Balaban J connectivity index is 1.30. The maximum absolute atomic E-state index is 8.84. The van der Waals surface area contributed by atoms with Crippen LogP contribution in [-0.2, 0) is 0 Å². The molecule has 0 saturated heterocycles. The van der Waals surface area contributed by atoms with Crippen LogP contribution in [0.4, 0.5) is 0 Å². The number of hydrogen-bond donors (Lipinski definition) is 0. The van der Waals surface area contributed by atoms with E-state index in [1.54, 1.807) is 0 Å². The van der Waals surface area contributed by atoms with Crippen LogP contribution >= 0.6 is 0 Å². The van der Waals surface area contributed by atoms with Crippen LogP contribution in [0.2, 0.25) is 0 Å². The fourth-order valence-electron chi connectivity index (χ4n) is 5.38. The molecule has 3 rings (SSSR count). The predicted molar refractivity (Wildman–Crippen MR) is 127 cm³/mol. The van der Waals surface area contributed by atoms with E-state index in [4.69, 9.17) is 5.26 Å². The third-order valence-electron chi connectivity index (χ3n) is 7.49. The first-order valence-corrected chi connectivity index (χ1v) is 12.4. The zero-order valence-corrected chi connectivity index (χ0v) is 18.9. The van der Waals surface area contributed by atoms with Crippen LogP contribution in [0, 0.1) is 46.8 Å². The number of benzene rings is 1. The maximum Gasteiger partial charge on any atom is 0.0991 e. The molecular weight excluding hydrogens is 362 g/mol. The molecule has 2 saturated carbocycles. The first-order valence-electron chi connectivity index (χ1n) is 12.4. The summed E-state index contributed by atoms with van der Waals surface area (Å²) in [6.07, 6.45) is 23.1. The van der Waals surface area contributed by atoms with Crippen LogP contribution in [0.1, 0.15) is 102 Å². The summed E-state index contributed by atoms with van der Waals surface area (Å²) >= 11 is 0. The Labute approximate surface area is 185 Å². The molecule has 0 spiro atoms. The average molecular weight is 402 g/mol. The summed E-state index contributed by atoms with van der Waals surface area (Å²) in [4.78, 5) is 0. The summed E-state index contributed by atoms with van der Waals surface area (Å²) < 4.78 is 0. The van der Waals surface area contributed by atoms with Gasteiger partial charge in [0.25, 0.3) is 0 Å². The molecule has 0 amide bonds. The van der Waals surface area contributed by atoms with Crippen LogP contribution in [0.15, 0.2) is 36.4 Å². The van der Waals surface area contributed by atoms with E-state index in [0.717, 1.165) is 23.3 Å². The van der Waals surface area contributed by atoms with Crippen molar-refractivity contribution >= 4 is 0 Å². The number of rotatable bonds is 7. The van der Waals surface area contributed by atoms with Gasteiger partial charge in [0, 0.05) is 5.56 Å². The predicted octanol–water partition coefficient (Wildman–Crippen LogP) is 8.05. The van der Waals surface area contributed by atoms with E-state index >= 15 is 0 Å². The Bertz CT molecular complexity index is 738. The monoisotopic (exact) mass is 401 g/mol. The summed E-state index contributed by atoms with van der Waals surface area (Å²) in [7, 11) is 0. The van der Waals surface area contributed by atoms with Crippen LogP contribution in [0.3, 0.4) is 0 Å². The van der Waals surface area contributed by atoms with Crippen molar-refractivity contribution in [3.05, 3.63) is 47.5 Å². The molecule has 0 radical (unpaired) electrons. The summed E-state index contributed by atoms with van der Waals surface area (Å²) in [5.74, 6) is 10.1. The molecule has 0 heterocycles. The third-order valence-corrected chi connectivity index (χ3v) is 7.49. The van der Waals surface area contributed by atoms with Crippen LogP contribution < -0.4 is 0 Å². The second kappa shape index (κ2) is 12.6. The first-order chi connectivity index (χ1) is 14.8. The molecule has 0 aromatic heterocycles. The van der Waals surface area contributed by atoms with Crippen LogP contribution in [0.5, 0.6) is 0 Å². The number of nitrogens with zero attached hydrogens (tertiary/aromatic N) is 1. The molecule has 0 unspecified atom stereocenters. The standard InChI is InChI=1S/C29H39N/c1-2-3-6-24-9-13-27(14-10-24)17-18-28-15-11-25(12-16-28)7-4-5-8-26-19-21-29(23-30)22-20-26/h4,7,19-22,24-25,27-28H,2-3,6,9-18H2,1H3. The van der Waals surface area contributed by atoms with Crippen molar-refractivity contribution in [1.29, 1.82) is 5.26 Å². The minimum Gasteiger partial charge on any atom is -0.192 e. The summed E-state index contributed by atoms with van der Waals surface area (Å²) in [6.45, 7) is 2.32. The second-order valence-electron chi connectivity index (χ2n) is 9.70. The highest BCUT2D eigenvalue weighted by atomic mass is 14.3. The second-order valence-corrected chi connectivity index (χ2v) is 9.70.